The molecule has 0 bridgehead atoms. The second-order valence-corrected chi connectivity index (χ2v) is 6.65. The Kier molecular flexibility index (Phi) is 37.5. The van der Waals surface area contributed by atoms with Crippen LogP contribution >= 0.6 is 11.8 Å². The lowest BCUT2D eigenvalue weighted by atomic mass is 10.1. The summed E-state index contributed by atoms with van der Waals surface area (Å²) in [6, 6.07) is 0. The van der Waals surface area contributed by atoms with Crippen LogP contribution in [0.5, 0.6) is 0 Å². The van der Waals surface area contributed by atoms with Gasteiger partial charge >= 0.3 is 0 Å². The Labute approximate surface area is 169 Å². The first-order valence-electron chi connectivity index (χ1n) is 10.9. The quantitative estimate of drug-likeness (QED) is 0.273. The van der Waals surface area contributed by atoms with Gasteiger partial charge in [-0.1, -0.05) is 92.6 Å². The molecular formula is C22H47NO2S. The van der Waals surface area contributed by atoms with Crippen LogP contribution in [-0.4, -0.2) is 31.4 Å². The minimum atomic E-state index is 0.159. The van der Waals surface area contributed by atoms with Crippen molar-refractivity contribution < 1.29 is 9.53 Å². The van der Waals surface area contributed by atoms with Gasteiger partial charge in [0, 0.05) is 18.7 Å². The molecule has 0 aromatic heterocycles. The minimum Gasteiger partial charge on any atom is -0.379 e. The fraction of sp³-hybridized carbons (Fsp3) is 0.864. The number of unbranched alkanes of at least 4 members (excludes halogenated alkanes) is 8. The van der Waals surface area contributed by atoms with E-state index in [9.17, 15) is 4.79 Å². The molecule has 0 spiro atoms. The van der Waals surface area contributed by atoms with E-state index in [1.165, 1.54) is 51.4 Å². The van der Waals surface area contributed by atoms with Gasteiger partial charge in [-0.25, -0.2) is 0 Å². The second kappa shape index (κ2) is 32.2. The number of rotatable bonds is 17. The Morgan fingerprint density at radius 1 is 0.923 bits per heavy atom. The van der Waals surface area contributed by atoms with Crippen LogP contribution in [0.2, 0.25) is 0 Å². The molecule has 0 saturated heterocycles. The van der Waals surface area contributed by atoms with Crippen molar-refractivity contribution in [2.24, 2.45) is 0 Å². The Morgan fingerprint density at radius 3 is 2.00 bits per heavy atom. The van der Waals surface area contributed by atoms with Gasteiger partial charge in [-0.05, 0) is 11.8 Å². The van der Waals surface area contributed by atoms with Gasteiger partial charge in [0.25, 0.3) is 0 Å². The molecule has 158 valence electrons. The normalized spacial score (nSPS) is 9.42. The maximum atomic E-state index is 11.6. The van der Waals surface area contributed by atoms with E-state index in [2.05, 4.69) is 18.8 Å². The molecule has 0 saturated carbocycles. The third kappa shape index (κ3) is 31.3. The molecule has 0 aliphatic carbocycles. The lowest BCUT2D eigenvalue weighted by Gasteiger charge is -2.06. The molecule has 4 heteroatoms. The highest BCUT2D eigenvalue weighted by Crippen LogP contribution is 2.10. The summed E-state index contributed by atoms with van der Waals surface area (Å²) in [5.74, 6) is 1.09. The smallest absolute Gasteiger partial charge is 0.220 e. The maximum absolute atomic E-state index is 11.6. The van der Waals surface area contributed by atoms with Crippen molar-refractivity contribution in [3.05, 3.63) is 12.0 Å². The summed E-state index contributed by atoms with van der Waals surface area (Å²) in [6.07, 6.45) is 12.2. The van der Waals surface area contributed by atoms with Crippen molar-refractivity contribution in [2.45, 2.75) is 98.8 Å². The number of hydrogen-bond donors (Lipinski definition) is 1. The van der Waals surface area contributed by atoms with E-state index in [0.717, 1.165) is 12.2 Å². The molecule has 0 atom stereocenters. The molecular weight excluding hydrogens is 342 g/mol. The van der Waals surface area contributed by atoms with Crippen molar-refractivity contribution in [3.8, 4) is 0 Å². The van der Waals surface area contributed by atoms with Crippen molar-refractivity contribution in [1.29, 1.82) is 0 Å². The van der Waals surface area contributed by atoms with Gasteiger partial charge in [-0.2, -0.15) is 0 Å². The van der Waals surface area contributed by atoms with E-state index in [0.29, 0.717) is 26.2 Å². The second-order valence-electron chi connectivity index (χ2n) is 5.58. The van der Waals surface area contributed by atoms with Crippen LogP contribution in [0.3, 0.4) is 0 Å². The first-order valence-corrected chi connectivity index (χ1v) is 11.9. The number of ether oxygens (including phenoxy) is 1. The lowest BCUT2D eigenvalue weighted by Crippen LogP contribution is -2.27. The van der Waals surface area contributed by atoms with Crippen LogP contribution in [0.1, 0.15) is 98.8 Å². The van der Waals surface area contributed by atoms with Crippen LogP contribution < -0.4 is 5.32 Å². The SMILES string of the molecule is C=CSCCOCCNC(=O)CCCCCCCCCCC.CC.CC. The number of thioether (sulfide) groups is 1. The summed E-state index contributed by atoms with van der Waals surface area (Å²) < 4.78 is 5.40. The zero-order valence-electron chi connectivity index (χ0n) is 18.4. The number of nitrogens with one attached hydrogen (secondary N) is 1. The Morgan fingerprint density at radius 2 is 1.46 bits per heavy atom. The Hall–Kier alpha value is -0.480. The summed E-state index contributed by atoms with van der Waals surface area (Å²) in [5, 5.41) is 4.72. The molecule has 26 heavy (non-hydrogen) atoms. The molecule has 0 aliphatic rings. The molecule has 0 rings (SSSR count). The number of carbonyl (C=O) groups excluding carboxylic acids is 1. The largest absolute Gasteiger partial charge is 0.379 e. The lowest BCUT2D eigenvalue weighted by molar-refractivity contribution is -0.121. The summed E-state index contributed by atoms with van der Waals surface area (Å²) in [6.45, 7) is 15.8. The average molecular weight is 390 g/mol. The Bertz CT molecular complexity index is 261. The third-order valence-corrected chi connectivity index (χ3v) is 4.18. The first-order chi connectivity index (χ1) is 12.8. The zero-order chi connectivity index (χ0) is 20.3. The summed E-state index contributed by atoms with van der Waals surface area (Å²) in [7, 11) is 0. The van der Waals surface area contributed by atoms with Crippen molar-refractivity contribution in [1.82, 2.24) is 5.32 Å². The van der Waals surface area contributed by atoms with E-state index >= 15 is 0 Å². The maximum Gasteiger partial charge on any atom is 0.220 e. The third-order valence-electron chi connectivity index (χ3n) is 3.54. The van der Waals surface area contributed by atoms with E-state index in [1.54, 1.807) is 11.8 Å². The molecule has 0 aromatic carbocycles. The van der Waals surface area contributed by atoms with Crippen LogP contribution in [0.25, 0.3) is 0 Å². The molecule has 0 aromatic rings. The van der Waals surface area contributed by atoms with Crippen LogP contribution in [0.4, 0.5) is 0 Å². The van der Waals surface area contributed by atoms with E-state index in [1.807, 2.05) is 33.1 Å². The van der Waals surface area contributed by atoms with Gasteiger partial charge < -0.3 is 10.1 Å². The highest BCUT2D eigenvalue weighted by molar-refractivity contribution is 8.02. The van der Waals surface area contributed by atoms with Crippen molar-refractivity contribution in [3.63, 3.8) is 0 Å². The summed E-state index contributed by atoms with van der Waals surface area (Å²) in [5.41, 5.74) is 0. The first kappa shape index (κ1) is 30.3. The fourth-order valence-corrected chi connectivity index (χ4v) is 2.62. The molecule has 0 unspecified atom stereocenters. The van der Waals surface area contributed by atoms with Gasteiger partial charge in [0.1, 0.15) is 0 Å². The van der Waals surface area contributed by atoms with Crippen LogP contribution in [0.15, 0.2) is 12.0 Å². The standard InChI is InChI=1S/C18H35NO2S.2C2H6/c1-3-5-6-7-8-9-10-11-12-13-18(20)19-14-15-21-16-17-22-4-2;2*1-2/h4H,2-3,5-17H2,1H3,(H,19,20);2*1-2H3. The van der Waals surface area contributed by atoms with Crippen LogP contribution in [-0.2, 0) is 9.53 Å². The molecule has 3 nitrogen and oxygen atoms in total. The Balaban J connectivity index is -0.00000123. The number of amides is 1. The molecule has 0 radical (unpaired) electrons. The molecule has 0 heterocycles. The predicted octanol–water partition coefficient (Wildman–Crippen LogP) is 6.97. The monoisotopic (exact) mass is 389 g/mol. The highest BCUT2D eigenvalue weighted by Gasteiger charge is 2.00. The molecule has 0 fully saturated rings. The number of carbonyl (C=O) groups is 1. The zero-order valence-corrected chi connectivity index (χ0v) is 19.2. The molecule has 0 aliphatic heterocycles. The van der Waals surface area contributed by atoms with E-state index in [-0.39, 0.29) is 5.91 Å². The van der Waals surface area contributed by atoms with Gasteiger partial charge in [0.05, 0.1) is 13.2 Å². The van der Waals surface area contributed by atoms with Crippen LogP contribution in [0, 0.1) is 0 Å². The van der Waals surface area contributed by atoms with Gasteiger partial charge in [-0.3, -0.25) is 4.79 Å². The highest BCUT2D eigenvalue weighted by atomic mass is 32.2. The van der Waals surface area contributed by atoms with E-state index < -0.39 is 0 Å². The summed E-state index contributed by atoms with van der Waals surface area (Å²) >= 11 is 1.65. The average Bonchev–Trinajstić information content (AvgIpc) is 2.69. The minimum absolute atomic E-state index is 0.159. The fourth-order valence-electron chi connectivity index (χ4n) is 2.24. The number of hydrogen-bond acceptors (Lipinski definition) is 3. The van der Waals surface area contributed by atoms with Crippen molar-refractivity contribution >= 4 is 17.7 Å². The topological polar surface area (TPSA) is 38.3 Å². The van der Waals surface area contributed by atoms with Gasteiger partial charge in [0.15, 0.2) is 0 Å². The summed E-state index contributed by atoms with van der Waals surface area (Å²) in [4.78, 5) is 11.6. The van der Waals surface area contributed by atoms with E-state index in [4.69, 9.17) is 4.74 Å². The van der Waals surface area contributed by atoms with Crippen molar-refractivity contribution in [2.75, 3.05) is 25.5 Å². The molecule has 1 amide bonds. The van der Waals surface area contributed by atoms with Gasteiger partial charge in [-0.15, -0.1) is 11.8 Å². The molecule has 1 N–H and O–H groups in total. The van der Waals surface area contributed by atoms with Gasteiger partial charge in [0.2, 0.25) is 5.91 Å². The predicted molar refractivity (Wildman–Crippen MR) is 121 cm³/mol.